The van der Waals surface area contributed by atoms with Gasteiger partial charge in [-0.1, -0.05) is 6.07 Å². The summed E-state index contributed by atoms with van der Waals surface area (Å²) >= 11 is 0. The van der Waals surface area contributed by atoms with Gasteiger partial charge in [-0.05, 0) is 23.8 Å². The molecule has 0 heterocycles. The van der Waals surface area contributed by atoms with E-state index in [2.05, 4.69) is 4.74 Å². The van der Waals surface area contributed by atoms with Gasteiger partial charge in [-0.25, -0.2) is 9.59 Å². The number of phenols is 1. The molecule has 0 aliphatic carbocycles. The van der Waals surface area contributed by atoms with Crippen LogP contribution < -0.4 is 4.74 Å². The van der Waals surface area contributed by atoms with Gasteiger partial charge in [-0.2, -0.15) is 0 Å². The van der Waals surface area contributed by atoms with E-state index in [-0.39, 0.29) is 41.1 Å². The molecule has 0 unspecified atom stereocenters. The fraction of sp³-hybridized carbons (Fsp3) is 0.167. The Bertz CT molecular complexity index is 483. The van der Waals surface area contributed by atoms with E-state index in [1.807, 2.05) is 0 Å². The zero-order chi connectivity index (χ0) is 13.5. The third-order valence-corrected chi connectivity index (χ3v) is 1.96. The predicted molar refractivity (Wildman–Crippen MR) is 69.0 cm³/mol. The molecule has 1 aromatic rings. The van der Waals surface area contributed by atoms with E-state index < -0.39 is 18.5 Å². The van der Waals surface area contributed by atoms with Gasteiger partial charge in [-0.3, -0.25) is 0 Å². The number of aliphatic hydroxyl groups is 1. The standard InChI is InChI=1S/C12H12O6.Na.H/c1-17-10-6-8(2-4-9(10)14)3-5-11(15)18-12(16)7-13;;/h2-6,13-14H,7H2,1H3;;. The molecular formula is C12H13NaO6. The van der Waals surface area contributed by atoms with E-state index >= 15 is 0 Å². The number of methoxy groups -OCH3 is 1. The van der Waals surface area contributed by atoms with Crippen molar-refractivity contribution in [3.05, 3.63) is 29.8 Å². The summed E-state index contributed by atoms with van der Waals surface area (Å²) in [5.74, 6) is -1.67. The van der Waals surface area contributed by atoms with E-state index in [0.717, 1.165) is 6.08 Å². The Labute approximate surface area is 131 Å². The third-order valence-electron chi connectivity index (χ3n) is 1.96. The van der Waals surface area contributed by atoms with E-state index in [4.69, 9.17) is 9.84 Å². The summed E-state index contributed by atoms with van der Waals surface area (Å²) in [6, 6.07) is 4.46. The van der Waals surface area contributed by atoms with Crippen molar-refractivity contribution < 1.29 is 29.3 Å². The van der Waals surface area contributed by atoms with Crippen molar-refractivity contribution in [2.45, 2.75) is 0 Å². The zero-order valence-corrected chi connectivity index (χ0v) is 9.62. The van der Waals surface area contributed by atoms with Crippen LogP contribution >= 0.6 is 0 Å². The number of aliphatic hydroxyl groups excluding tert-OH is 1. The number of hydrogen-bond acceptors (Lipinski definition) is 6. The minimum absolute atomic E-state index is 0. The molecule has 7 heteroatoms. The molecule has 1 aromatic carbocycles. The van der Waals surface area contributed by atoms with Crippen molar-refractivity contribution in [1.82, 2.24) is 0 Å². The number of hydrogen-bond donors (Lipinski definition) is 2. The van der Waals surface area contributed by atoms with Crippen LogP contribution in [0.2, 0.25) is 0 Å². The van der Waals surface area contributed by atoms with Crippen LogP contribution in [0.25, 0.3) is 6.08 Å². The van der Waals surface area contributed by atoms with Gasteiger partial charge >= 0.3 is 41.5 Å². The quantitative estimate of drug-likeness (QED) is 0.343. The number of esters is 2. The van der Waals surface area contributed by atoms with E-state index in [1.165, 1.54) is 25.3 Å². The first-order chi connectivity index (χ1) is 8.56. The van der Waals surface area contributed by atoms with Crippen molar-refractivity contribution in [1.29, 1.82) is 0 Å². The first kappa shape index (κ1) is 17.7. The van der Waals surface area contributed by atoms with Crippen molar-refractivity contribution >= 4 is 47.6 Å². The topological polar surface area (TPSA) is 93.1 Å². The van der Waals surface area contributed by atoms with Crippen molar-refractivity contribution in [2.24, 2.45) is 0 Å². The molecule has 6 nitrogen and oxygen atoms in total. The molecule has 1 rings (SSSR count). The Hall–Kier alpha value is -1.34. The second kappa shape index (κ2) is 8.71. The summed E-state index contributed by atoms with van der Waals surface area (Å²) in [6.07, 6.45) is 2.41. The van der Waals surface area contributed by atoms with Crippen LogP contribution in [0.5, 0.6) is 11.5 Å². The van der Waals surface area contributed by atoms with Gasteiger partial charge in [0.05, 0.1) is 7.11 Å². The second-order valence-electron chi connectivity index (χ2n) is 3.22. The van der Waals surface area contributed by atoms with Gasteiger partial charge in [0.1, 0.15) is 6.61 Å². The molecule has 19 heavy (non-hydrogen) atoms. The molecule has 0 spiro atoms. The number of carbonyl (C=O) groups is 2. The van der Waals surface area contributed by atoms with Gasteiger partial charge in [0.15, 0.2) is 11.5 Å². The Kier molecular flexibility index (Phi) is 8.09. The number of carbonyl (C=O) groups excluding carboxylic acids is 2. The van der Waals surface area contributed by atoms with Gasteiger partial charge in [0, 0.05) is 6.08 Å². The summed E-state index contributed by atoms with van der Waals surface area (Å²) in [5.41, 5.74) is 0.582. The average molecular weight is 276 g/mol. The summed E-state index contributed by atoms with van der Waals surface area (Å²) < 4.78 is 9.09. The molecule has 0 aromatic heterocycles. The second-order valence-corrected chi connectivity index (χ2v) is 3.22. The first-order valence-corrected chi connectivity index (χ1v) is 4.97. The third kappa shape index (κ3) is 5.89. The summed E-state index contributed by atoms with van der Waals surface area (Å²) in [5, 5.41) is 17.7. The fourth-order valence-electron chi connectivity index (χ4n) is 1.14. The van der Waals surface area contributed by atoms with E-state index in [1.54, 1.807) is 6.07 Å². The van der Waals surface area contributed by atoms with Crippen molar-refractivity contribution in [3.63, 3.8) is 0 Å². The SMILES string of the molecule is COc1cc(C=CC(=O)OC(=O)CO)ccc1O.[NaH]. The summed E-state index contributed by atoms with van der Waals surface area (Å²) in [6.45, 7) is -0.855. The molecular weight excluding hydrogens is 263 g/mol. The monoisotopic (exact) mass is 276 g/mol. The Balaban J connectivity index is 0.00000324. The maximum absolute atomic E-state index is 11.1. The fourth-order valence-corrected chi connectivity index (χ4v) is 1.14. The van der Waals surface area contributed by atoms with Gasteiger partial charge in [0.25, 0.3) is 0 Å². The number of benzene rings is 1. The van der Waals surface area contributed by atoms with Crippen molar-refractivity contribution in [3.8, 4) is 11.5 Å². The zero-order valence-electron chi connectivity index (χ0n) is 9.62. The number of aromatic hydroxyl groups is 1. The first-order valence-electron chi connectivity index (χ1n) is 4.97. The molecule has 0 aliphatic rings. The molecule has 0 saturated carbocycles. The molecule has 0 amide bonds. The molecule has 0 saturated heterocycles. The molecule has 0 radical (unpaired) electrons. The van der Waals surface area contributed by atoms with Crippen molar-refractivity contribution in [2.75, 3.05) is 13.7 Å². The molecule has 98 valence electrons. The van der Waals surface area contributed by atoms with Crippen LogP contribution in [0, 0.1) is 0 Å². The Morgan fingerprint density at radius 1 is 1.37 bits per heavy atom. The number of ether oxygens (including phenoxy) is 2. The average Bonchev–Trinajstić information content (AvgIpc) is 2.37. The van der Waals surface area contributed by atoms with E-state index in [9.17, 15) is 14.7 Å². The predicted octanol–water partition coefficient (Wildman–Crippen LogP) is -0.172. The van der Waals surface area contributed by atoms with Gasteiger partial charge in [-0.15, -0.1) is 0 Å². The van der Waals surface area contributed by atoms with Crippen LogP contribution in [0.15, 0.2) is 24.3 Å². The number of rotatable bonds is 4. The Morgan fingerprint density at radius 2 is 2.05 bits per heavy atom. The van der Waals surface area contributed by atoms with Gasteiger partial charge in [0.2, 0.25) is 0 Å². The van der Waals surface area contributed by atoms with Gasteiger partial charge < -0.3 is 19.7 Å². The Morgan fingerprint density at radius 3 is 2.63 bits per heavy atom. The molecule has 0 bridgehead atoms. The molecule has 0 aliphatic heterocycles. The molecule has 2 N–H and O–H groups in total. The maximum atomic E-state index is 11.1. The van der Waals surface area contributed by atoms with Crippen LogP contribution in [0.1, 0.15) is 5.56 Å². The van der Waals surface area contributed by atoms with Crippen LogP contribution in [0.3, 0.4) is 0 Å². The molecule has 0 fully saturated rings. The summed E-state index contributed by atoms with van der Waals surface area (Å²) in [4.78, 5) is 21.7. The minimum atomic E-state index is -1.02. The summed E-state index contributed by atoms with van der Waals surface area (Å²) in [7, 11) is 1.40. The molecule has 0 atom stereocenters. The number of phenolic OH excluding ortho intramolecular Hbond substituents is 1. The van der Waals surface area contributed by atoms with E-state index in [0.29, 0.717) is 5.56 Å². The normalized spacial score (nSPS) is 9.79. The van der Waals surface area contributed by atoms with Crippen LogP contribution in [-0.4, -0.2) is 65.4 Å². The van der Waals surface area contributed by atoms with Crippen LogP contribution in [0.4, 0.5) is 0 Å². The van der Waals surface area contributed by atoms with Crippen LogP contribution in [-0.2, 0) is 14.3 Å².